The van der Waals surface area contributed by atoms with Crippen molar-refractivity contribution in [2.45, 2.75) is 30.7 Å². The molecule has 0 aliphatic heterocycles. The third-order valence-electron chi connectivity index (χ3n) is 4.68. The predicted octanol–water partition coefficient (Wildman–Crippen LogP) is 2.58. The van der Waals surface area contributed by atoms with E-state index >= 15 is 0 Å². The van der Waals surface area contributed by atoms with E-state index in [2.05, 4.69) is 0 Å². The summed E-state index contributed by atoms with van der Waals surface area (Å²) in [6.07, 6.45) is 5.38. The second-order valence-electron chi connectivity index (χ2n) is 5.70. The van der Waals surface area contributed by atoms with Gasteiger partial charge in [0.15, 0.2) is 5.60 Å². The van der Waals surface area contributed by atoms with Crippen LogP contribution in [0, 0.1) is 0 Å². The summed E-state index contributed by atoms with van der Waals surface area (Å²) in [4.78, 5) is 0. The normalized spacial score (nSPS) is 30.0. The van der Waals surface area contributed by atoms with Crippen molar-refractivity contribution in [3.8, 4) is 0 Å². The van der Waals surface area contributed by atoms with Gasteiger partial charge in [-0.05, 0) is 23.6 Å². The van der Waals surface area contributed by atoms with Crippen LogP contribution in [0.3, 0.4) is 0 Å². The van der Waals surface area contributed by atoms with E-state index in [1.54, 1.807) is 14.2 Å². The molecule has 2 unspecified atom stereocenters. The molecule has 1 aromatic rings. The fourth-order valence-electron chi connectivity index (χ4n) is 3.43. The molecular weight excluding hydrogens is 280 g/mol. The third-order valence-corrected chi connectivity index (χ3v) is 4.68. The molecule has 2 aliphatic rings. The molecule has 0 bridgehead atoms. The molecule has 1 aromatic carbocycles. The summed E-state index contributed by atoms with van der Waals surface area (Å²) in [7, 11) is 3.32. The van der Waals surface area contributed by atoms with E-state index in [1.165, 1.54) is 0 Å². The number of ether oxygens (including phenoxy) is 3. The van der Waals surface area contributed by atoms with Crippen LogP contribution in [0.2, 0.25) is 0 Å². The van der Waals surface area contributed by atoms with Crippen LogP contribution in [0.25, 0.3) is 0 Å². The van der Waals surface area contributed by atoms with E-state index in [0.717, 1.165) is 16.9 Å². The van der Waals surface area contributed by atoms with Crippen LogP contribution in [0.5, 0.6) is 0 Å². The van der Waals surface area contributed by atoms with Crippen molar-refractivity contribution < 1.29 is 19.3 Å². The summed E-state index contributed by atoms with van der Waals surface area (Å²) in [5, 5.41) is 9.70. The quantitative estimate of drug-likeness (QED) is 0.821. The van der Waals surface area contributed by atoms with Crippen molar-refractivity contribution in [3.05, 3.63) is 59.4 Å². The van der Waals surface area contributed by atoms with Gasteiger partial charge in [0.25, 0.3) is 0 Å². The van der Waals surface area contributed by atoms with Gasteiger partial charge in [-0.15, -0.1) is 0 Å². The summed E-state index contributed by atoms with van der Waals surface area (Å²) in [6.45, 7) is 0.445. The Morgan fingerprint density at radius 3 is 2.50 bits per heavy atom. The van der Waals surface area contributed by atoms with Crippen molar-refractivity contribution in [1.29, 1.82) is 0 Å². The first-order valence-corrected chi connectivity index (χ1v) is 7.50. The largest absolute Gasteiger partial charge is 0.498 e. The molecule has 1 N–H and O–H groups in total. The van der Waals surface area contributed by atoms with Crippen LogP contribution in [0.4, 0.5) is 0 Å². The summed E-state index contributed by atoms with van der Waals surface area (Å²) >= 11 is 0. The van der Waals surface area contributed by atoms with Gasteiger partial charge in [-0.3, -0.25) is 0 Å². The van der Waals surface area contributed by atoms with E-state index in [9.17, 15) is 5.11 Å². The van der Waals surface area contributed by atoms with E-state index in [1.807, 2.05) is 42.5 Å². The maximum atomic E-state index is 9.70. The summed E-state index contributed by atoms with van der Waals surface area (Å²) in [6, 6.07) is 10.0. The number of fused-ring (bicyclic) bond motifs is 1. The molecule has 1 saturated carbocycles. The van der Waals surface area contributed by atoms with Gasteiger partial charge in [-0.1, -0.05) is 36.4 Å². The SMILES string of the molecule is COC1=CCC=C(CO)C2(OC)CC12OCc1ccccc1. The van der Waals surface area contributed by atoms with Gasteiger partial charge < -0.3 is 19.3 Å². The fourth-order valence-corrected chi connectivity index (χ4v) is 3.43. The first kappa shape index (κ1) is 15.3. The summed E-state index contributed by atoms with van der Waals surface area (Å²) in [5.74, 6) is 0.782. The van der Waals surface area contributed by atoms with Crippen LogP contribution in [0.15, 0.2) is 53.8 Å². The van der Waals surface area contributed by atoms with E-state index in [-0.39, 0.29) is 6.61 Å². The highest BCUT2D eigenvalue weighted by molar-refractivity contribution is 5.48. The second-order valence-corrected chi connectivity index (χ2v) is 5.70. The average molecular weight is 302 g/mol. The highest BCUT2D eigenvalue weighted by Crippen LogP contribution is 2.63. The Balaban J connectivity index is 1.89. The van der Waals surface area contributed by atoms with Gasteiger partial charge in [0.2, 0.25) is 0 Å². The number of hydrogen-bond acceptors (Lipinski definition) is 4. The van der Waals surface area contributed by atoms with E-state index in [0.29, 0.717) is 19.4 Å². The molecule has 2 atom stereocenters. The number of allylic oxidation sites excluding steroid dienone is 2. The minimum atomic E-state index is -0.641. The molecule has 0 radical (unpaired) electrons. The second kappa shape index (κ2) is 5.88. The zero-order chi connectivity index (χ0) is 15.6. The van der Waals surface area contributed by atoms with Gasteiger partial charge >= 0.3 is 0 Å². The molecule has 4 heteroatoms. The van der Waals surface area contributed by atoms with E-state index in [4.69, 9.17) is 14.2 Å². The minimum absolute atomic E-state index is 0.0326. The fraction of sp³-hybridized carbons (Fsp3) is 0.444. The van der Waals surface area contributed by atoms with Gasteiger partial charge in [0.05, 0.1) is 20.3 Å². The molecule has 3 rings (SSSR count). The van der Waals surface area contributed by atoms with Crippen LogP contribution < -0.4 is 0 Å². The molecule has 2 aliphatic carbocycles. The minimum Gasteiger partial charge on any atom is -0.498 e. The number of aliphatic hydroxyl groups excluding tert-OH is 1. The molecule has 118 valence electrons. The Morgan fingerprint density at radius 2 is 1.86 bits per heavy atom. The predicted molar refractivity (Wildman–Crippen MR) is 83.2 cm³/mol. The zero-order valence-electron chi connectivity index (χ0n) is 13.0. The van der Waals surface area contributed by atoms with Crippen LogP contribution in [-0.2, 0) is 20.8 Å². The van der Waals surface area contributed by atoms with Gasteiger partial charge in [0, 0.05) is 13.5 Å². The number of hydrogen-bond donors (Lipinski definition) is 1. The molecule has 0 saturated heterocycles. The molecule has 1 fully saturated rings. The smallest absolute Gasteiger partial charge is 0.161 e. The average Bonchev–Trinajstić information content (AvgIpc) is 3.25. The molecule has 0 aromatic heterocycles. The Kier molecular flexibility index (Phi) is 4.08. The summed E-state index contributed by atoms with van der Waals surface area (Å²) in [5.41, 5.74) is 0.709. The zero-order valence-corrected chi connectivity index (χ0v) is 13.0. The number of methoxy groups -OCH3 is 2. The topological polar surface area (TPSA) is 47.9 Å². The van der Waals surface area contributed by atoms with Gasteiger partial charge in [0.1, 0.15) is 11.4 Å². The van der Waals surface area contributed by atoms with Crippen molar-refractivity contribution in [1.82, 2.24) is 0 Å². The van der Waals surface area contributed by atoms with Crippen molar-refractivity contribution in [2.75, 3.05) is 20.8 Å². The standard InChI is InChI=1S/C18H22O4/c1-20-16-10-6-9-15(11-19)17(21-2)13-18(16,17)22-12-14-7-4-3-5-8-14/h3-5,7-10,19H,6,11-13H2,1-2H3. The molecule has 0 spiro atoms. The maximum absolute atomic E-state index is 9.70. The van der Waals surface area contributed by atoms with Gasteiger partial charge in [-0.2, -0.15) is 0 Å². The Labute approximate surface area is 131 Å². The first-order valence-electron chi connectivity index (χ1n) is 7.50. The van der Waals surface area contributed by atoms with Crippen LogP contribution in [-0.4, -0.2) is 37.1 Å². The van der Waals surface area contributed by atoms with Crippen LogP contribution >= 0.6 is 0 Å². The molecular formula is C18H22O4. The molecule has 0 amide bonds. The summed E-state index contributed by atoms with van der Waals surface area (Å²) < 4.78 is 17.6. The number of aliphatic hydroxyl groups is 1. The van der Waals surface area contributed by atoms with Crippen molar-refractivity contribution >= 4 is 0 Å². The number of benzene rings is 1. The van der Waals surface area contributed by atoms with Gasteiger partial charge in [-0.25, -0.2) is 0 Å². The van der Waals surface area contributed by atoms with Crippen LogP contribution in [0.1, 0.15) is 18.4 Å². The lowest BCUT2D eigenvalue weighted by molar-refractivity contribution is -0.0546. The third kappa shape index (κ3) is 2.19. The van der Waals surface area contributed by atoms with Crippen molar-refractivity contribution in [2.24, 2.45) is 0 Å². The number of rotatable bonds is 6. The highest BCUT2D eigenvalue weighted by atomic mass is 16.6. The lowest BCUT2D eigenvalue weighted by atomic mass is 10.0. The first-order chi connectivity index (χ1) is 10.7. The lowest BCUT2D eigenvalue weighted by Gasteiger charge is -2.27. The Hall–Kier alpha value is -1.62. The monoisotopic (exact) mass is 302 g/mol. The molecule has 0 heterocycles. The Morgan fingerprint density at radius 1 is 1.09 bits per heavy atom. The molecule has 22 heavy (non-hydrogen) atoms. The molecule has 4 nitrogen and oxygen atoms in total. The van der Waals surface area contributed by atoms with E-state index < -0.39 is 11.2 Å². The van der Waals surface area contributed by atoms with Crippen molar-refractivity contribution in [3.63, 3.8) is 0 Å². The maximum Gasteiger partial charge on any atom is 0.161 e. The Bertz CT molecular complexity index is 592. The lowest BCUT2D eigenvalue weighted by Crippen LogP contribution is -2.35. The highest BCUT2D eigenvalue weighted by Gasteiger charge is 2.75.